The van der Waals surface area contributed by atoms with Crippen LogP contribution >= 0.6 is 11.8 Å². The van der Waals surface area contributed by atoms with Crippen LogP contribution in [0.4, 0.5) is 5.69 Å². The molecule has 0 aliphatic carbocycles. The SMILES string of the molecule is C=C(/C=C\C=C/C)/C=C/C(=N)c1ccc(Sc2ccccc2C(=O)NC)cc1NC. The van der Waals surface area contributed by atoms with Gasteiger partial charge in [0.15, 0.2) is 0 Å². The Morgan fingerprint density at radius 2 is 1.80 bits per heavy atom. The van der Waals surface area contributed by atoms with Crippen LogP contribution in [0.3, 0.4) is 0 Å². The van der Waals surface area contributed by atoms with Crippen LogP contribution in [0.1, 0.15) is 22.8 Å². The predicted molar refractivity (Wildman–Crippen MR) is 129 cm³/mol. The van der Waals surface area contributed by atoms with Crippen molar-refractivity contribution in [1.29, 1.82) is 5.41 Å². The Morgan fingerprint density at radius 3 is 2.50 bits per heavy atom. The summed E-state index contributed by atoms with van der Waals surface area (Å²) in [7, 11) is 3.46. The maximum atomic E-state index is 12.1. The number of hydrogen-bond acceptors (Lipinski definition) is 4. The molecule has 30 heavy (non-hydrogen) atoms. The molecular weight excluding hydrogens is 390 g/mol. The maximum Gasteiger partial charge on any atom is 0.252 e. The van der Waals surface area contributed by atoms with Crippen LogP contribution in [0.5, 0.6) is 0 Å². The summed E-state index contributed by atoms with van der Waals surface area (Å²) in [5.41, 5.74) is 3.49. The third kappa shape index (κ3) is 6.36. The van der Waals surface area contributed by atoms with Crippen LogP contribution in [-0.4, -0.2) is 25.7 Å². The molecule has 0 aliphatic rings. The smallest absolute Gasteiger partial charge is 0.252 e. The Kier molecular flexibility index (Phi) is 8.91. The number of benzene rings is 2. The molecule has 2 rings (SSSR count). The van der Waals surface area contributed by atoms with E-state index >= 15 is 0 Å². The van der Waals surface area contributed by atoms with Gasteiger partial charge < -0.3 is 16.0 Å². The van der Waals surface area contributed by atoms with Crippen molar-refractivity contribution in [3.8, 4) is 0 Å². The standard InChI is InChI=1S/C25H27N3OS/c1-5-6-7-10-18(2)13-16-22(26)20-15-14-19(17-23(20)27-3)30-24-12-9-8-11-21(24)25(29)28-4/h5-17,26-27H,2H2,1,3-4H3,(H,28,29)/b6-5-,10-7-,16-13+,26-22?. The van der Waals surface area contributed by atoms with Crippen LogP contribution in [0.15, 0.2) is 101 Å². The number of anilines is 1. The summed E-state index contributed by atoms with van der Waals surface area (Å²) in [6.45, 7) is 5.92. The van der Waals surface area contributed by atoms with E-state index in [9.17, 15) is 4.79 Å². The summed E-state index contributed by atoms with van der Waals surface area (Å²) in [5.74, 6) is -0.112. The predicted octanol–water partition coefficient (Wildman–Crippen LogP) is 5.85. The van der Waals surface area contributed by atoms with Gasteiger partial charge in [-0.05, 0) is 48.9 Å². The molecule has 0 spiro atoms. The molecule has 0 radical (unpaired) electrons. The quantitative estimate of drug-likeness (QED) is 0.354. The molecule has 4 nitrogen and oxygen atoms in total. The van der Waals surface area contributed by atoms with E-state index in [4.69, 9.17) is 5.41 Å². The second-order valence-corrected chi connectivity index (χ2v) is 7.46. The van der Waals surface area contributed by atoms with Gasteiger partial charge in [-0.1, -0.05) is 60.9 Å². The van der Waals surface area contributed by atoms with E-state index in [1.165, 1.54) is 11.8 Å². The molecule has 154 valence electrons. The number of nitrogens with one attached hydrogen (secondary N) is 3. The van der Waals surface area contributed by atoms with E-state index in [0.717, 1.165) is 26.6 Å². The highest BCUT2D eigenvalue weighted by atomic mass is 32.2. The van der Waals surface area contributed by atoms with Gasteiger partial charge in [-0.25, -0.2) is 0 Å². The molecule has 0 bridgehead atoms. The van der Waals surface area contributed by atoms with Crippen molar-refractivity contribution in [3.63, 3.8) is 0 Å². The summed E-state index contributed by atoms with van der Waals surface area (Å²) in [6.07, 6.45) is 11.3. The average Bonchev–Trinajstić information content (AvgIpc) is 2.77. The van der Waals surface area contributed by atoms with Gasteiger partial charge in [0.1, 0.15) is 0 Å². The highest BCUT2D eigenvalue weighted by molar-refractivity contribution is 7.99. The van der Waals surface area contributed by atoms with Gasteiger partial charge in [0.2, 0.25) is 0 Å². The van der Waals surface area contributed by atoms with Crippen molar-refractivity contribution in [2.45, 2.75) is 16.7 Å². The van der Waals surface area contributed by atoms with Crippen molar-refractivity contribution in [3.05, 3.63) is 102 Å². The zero-order valence-electron chi connectivity index (χ0n) is 17.5. The highest BCUT2D eigenvalue weighted by Crippen LogP contribution is 2.33. The Labute approximate surface area is 183 Å². The molecule has 2 aromatic rings. The molecule has 5 heteroatoms. The number of allylic oxidation sites excluding steroid dienone is 7. The molecule has 0 saturated heterocycles. The molecular formula is C25H27N3OS. The zero-order chi connectivity index (χ0) is 21.9. The van der Waals surface area contributed by atoms with Gasteiger partial charge in [-0.2, -0.15) is 0 Å². The second-order valence-electron chi connectivity index (χ2n) is 6.34. The largest absolute Gasteiger partial charge is 0.388 e. The lowest BCUT2D eigenvalue weighted by molar-refractivity contribution is 0.0960. The summed E-state index contributed by atoms with van der Waals surface area (Å²) >= 11 is 1.52. The average molecular weight is 418 g/mol. The Morgan fingerprint density at radius 1 is 1.03 bits per heavy atom. The van der Waals surface area contributed by atoms with Crippen molar-refractivity contribution in [2.24, 2.45) is 0 Å². The van der Waals surface area contributed by atoms with Gasteiger partial charge in [0, 0.05) is 35.1 Å². The lowest BCUT2D eigenvalue weighted by Gasteiger charge is -2.12. The molecule has 0 atom stereocenters. The summed E-state index contributed by atoms with van der Waals surface area (Å²) in [4.78, 5) is 14.0. The van der Waals surface area contributed by atoms with Crippen LogP contribution in [-0.2, 0) is 0 Å². The molecule has 0 saturated carbocycles. The minimum absolute atomic E-state index is 0.112. The first-order valence-corrected chi connectivity index (χ1v) is 10.4. The fourth-order valence-corrected chi connectivity index (χ4v) is 3.64. The normalized spacial score (nSPS) is 11.3. The second kappa shape index (κ2) is 11.6. The third-order valence-corrected chi connectivity index (χ3v) is 5.28. The number of rotatable bonds is 9. The number of amides is 1. The Balaban J connectivity index is 2.22. The molecule has 1 amide bonds. The van der Waals surface area contributed by atoms with Gasteiger partial charge >= 0.3 is 0 Å². The van der Waals surface area contributed by atoms with Gasteiger partial charge in [-0.3, -0.25) is 4.79 Å². The highest BCUT2D eigenvalue weighted by Gasteiger charge is 2.12. The molecule has 2 aromatic carbocycles. The van der Waals surface area contributed by atoms with E-state index in [-0.39, 0.29) is 5.91 Å². The van der Waals surface area contributed by atoms with Gasteiger partial charge in [0.25, 0.3) is 5.91 Å². The summed E-state index contributed by atoms with van der Waals surface area (Å²) < 4.78 is 0. The minimum atomic E-state index is -0.112. The maximum absolute atomic E-state index is 12.1. The first-order chi connectivity index (χ1) is 14.5. The lowest BCUT2D eigenvalue weighted by atomic mass is 10.1. The van der Waals surface area contributed by atoms with Gasteiger partial charge in [-0.15, -0.1) is 0 Å². The molecule has 0 fully saturated rings. The third-order valence-electron chi connectivity index (χ3n) is 4.22. The Bertz CT molecular complexity index is 1020. The monoisotopic (exact) mass is 417 g/mol. The number of hydrogen-bond donors (Lipinski definition) is 3. The molecule has 0 aliphatic heterocycles. The van der Waals surface area contributed by atoms with E-state index in [0.29, 0.717) is 11.3 Å². The van der Waals surface area contributed by atoms with E-state index in [2.05, 4.69) is 17.2 Å². The first-order valence-electron chi connectivity index (χ1n) is 9.56. The van der Waals surface area contributed by atoms with Gasteiger partial charge in [0.05, 0.1) is 11.3 Å². The topological polar surface area (TPSA) is 65.0 Å². The van der Waals surface area contributed by atoms with Crippen LogP contribution in [0.2, 0.25) is 0 Å². The van der Waals surface area contributed by atoms with Crippen molar-refractivity contribution in [2.75, 3.05) is 19.4 Å². The fourth-order valence-electron chi connectivity index (χ4n) is 2.66. The lowest BCUT2D eigenvalue weighted by Crippen LogP contribution is -2.18. The Hall–Kier alpha value is -3.31. The molecule has 0 aromatic heterocycles. The van der Waals surface area contributed by atoms with E-state index in [1.807, 2.05) is 86.8 Å². The fraction of sp³-hybridized carbons (Fsp3) is 0.120. The van der Waals surface area contributed by atoms with Crippen LogP contribution in [0, 0.1) is 5.41 Å². The minimum Gasteiger partial charge on any atom is -0.388 e. The van der Waals surface area contributed by atoms with E-state index in [1.54, 1.807) is 13.1 Å². The zero-order valence-corrected chi connectivity index (χ0v) is 18.3. The van der Waals surface area contributed by atoms with Crippen molar-refractivity contribution in [1.82, 2.24) is 5.32 Å². The number of carbonyl (C=O) groups excluding carboxylic acids is 1. The summed E-state index contributed by atoms with van der Waals surface area (Å²) in [6, 6.07) is 13.4. The van der Waals surface area contributed by atoms with Crippen molar-refractivity contribution >= 4 is 29.1 Å². The van der Waals surface area contributed by atoms with Crippen LogP contribution in [0.25, 0.3) is 0 Å². The summed E-state index contributed by atoms with van der Waals surface area (Å²) in [5, 5.41) is 14.3. The molecule has 0 heterocycles. The van der Waals surface area contributed by atoms with Crippen molar-refractivity contribution < 1.29 is 4.79 Å². The first kappa shape index (κ1) is 23.0. The molecule has 3 N–H and O–H groups in total. The van der Waals surface area contributed by atoms with E-state index < -0.39 is 0 Å². The number of carbonyl (C=O) groups is 1. The molecule has 0 unspecified atom stereocenters. The van der Waals surface area contributed by atoms with Crippen LogP contribution < -0.4 is 10.6 Å².